The van der Waals surface area contributed by atoms with Gasteiger partial charge in [0.25, 0.3) is 0 Å². The molecule has 1 rings (SSSR count). The number of hydrogen-bond acceptors (Lipinski definition) is 2. The molecule has 3 nitrogen and oxygen atoms in total. The molecule has 13 heavy (non-hydrogen) atoms. The van der Waals surface area contributed by atoms with Gasteiger partial charge in [-0.1, -0.05) is 0 Å². The minimum absolute atomic E-state index is 0.0588. The molecule has 72 valence electrons. The van der Waals surface area contributed by atoms with Crippen molar-refractivity contribution in [2.24, 2.45) is 0 Å². The third-order valence-corrected chi connectivity index (χ3v) is 4.75. The van der Waals surface area contributed by atoms with E-state index in [9.17, 15) is 9.90 Å². The van der Waals surface area contributed by atoms with E-state index in [-0.39, 0.29) is 25.7 Å². The Hall–Kier alpha value is -0.731. The van der Waals surface area contributed by atoms with E-state index < -0.39 is 0 Å². The molecule has 2 N–H and O–H groups in total. The molecule has 4 heteroatoms. The van der Waals surface area contributed by atoms with Gasteiger partial charge < -0.3 is 0 Å². The zero-order valence-corrected chi connectivity index (χ0v) is 9.63. The van der Waals surface area contributed by atoms with E-state index in [1.165, 1.54) is 4.44 Å². The molecule has 1 heterocycles. The van der Waals surface area contributed by atoms with Gasteiger partial charge in [-0.3, -0.25) is 0 Å². The Balaban J connectivity index is 3.01. The van der Waals surface area contributed by atoms with Crippen LogP contribution in [0.4, 0.5) is 4.56 Å². The molecule has 0 atom stereocenters. The molecule has 0 saturated heterocycles. The van der Waals surface area contributed by atoms with E-state index in [0.717, 1.165) is 0 Å². The third-order valence-electron chi connectivity index (χ3n) is 1.64. The van der Waals surface area contributed by atoms with E-state index in [1.54, 1.807) is 6.07 Å². The second-order valence-corrected chi connectivity index (χ2v) is 6.04. The van der Waals surface area contributed by atoms with Crippen LogP contribution in [0.15, 0.2) is 6.07 Å². The van der Waals surface area contributed by atoms with E-state index in [4.69, 9.17) is 0 Å². The van der Waals surface area contributed by atoms with Gasteiger partial charge in [-0.05, 0) is 0 Å². The Morgan fingerprint density at radius 1 is 1.54 bits per heavy atom. The molecule has 0 fully saturated rings. The van der Waals surface area contributed by atoms with Gasteiger partial charge in [0.15, 0.2) is 0 Å². The quantitative estimate of drug-likeness (QED) is 0.610. The second kappa shape index (κ2) is 3.56. The van der Waals surface area contributed by atoms with Crippen molar-refractivity contribution in [2.45, 2.75) is 26.2 Å². The summed E-state index contributed by atoms with van der Waals surface area (Å²) in [6.07, 6.45) is 0.604. The van der Waals surface area contributed by atoms with Crippen LogP contribution in [0.2, 0.25) is 0 Å². The number of hydrogen-bond donors (Lipinski definition) is 2. The second-order valence-electron chi connectivity index (χ2n) is 3.84. The maximum absolute atomic E-state index is 10.2. The molecule has 1 amide bonds. The predicted octanol–water partition coefficient (Wildman–Crippen LogP) is 1.31. The first-order valence-electron chi connectivity index (χ1n) is 3.98. The average Bonchev–Trinajstić information content (AvgIpc) is 2.32. The fourth-order valence-electron chi connectivity index (χ4n) is 0.908. The molecule has 0 spiro atoms. The van der Waals surface area contributed by atoms with Crippen molar-refractivity contribution in [2.75, 3.05) is 5.32 Å². The summed E-state index contributed by atoms with van der Waals surface area (Å²) in [5.41, 5.74) is 0.0697. The van der Waals surface area contributed by atoms with E-state index in [0.29, 0.717) is 11.0 Å². The zero-order valence-electron chi connectivity index (χ0n) is 7.92. The van der Waals surface area contributed by atoms with Crippen molar-refractivity contribution in [3.05, 3.63) is 10.5 Å². The molecule has 0 aromatic carbocycles. The Morgan fingerprint density at radius 3 is 2.54 bits per heavy atom. The Bertz CT molecular complexity index is 312. The molecular weight excluding hydrogens is 233 g/mol. The summed E-state index contributed by atoms with van der Waals surface area (Å²) in [6.45, 7) is 6.28. The van der Waals surface area contributed by atoms with Gasteiger partial charge >= 0.3 is 83.1 Å². The van der Waals surface area contributed by atoms with Gasteiger partial charge in [-0.15, -0.1) is 0 Å². The summed E-state index contributed by atoms with van der Waals surface area (Å²) in [5, 5.41) is 12.0. The Labute approximate surface area is 83.5 Å². The van der Waals surface area contributed by atoms with E-state index >= 15 is 0 Å². The molecule has 1 aromatic heterocycles. The van der Waals surface area contributed by atoms with Crippen LogP contribution in [0.3, 0.4) is 0 Å². The average molecular weight is 246 g/mol. The van der Waals surface area contributed by atoms with E-state index in [2.05, 4.69) is 26.1 Å². The predicted molar refractivity (Wildman–Crippen MR) is 53.4 cm³/mol. The molecule has 0 aliphatic carbocycles. The molecule has 0 unspecified atom stereocenters. The van der Waals surface area contributed by atoms with Gasteiger partial charge in [0, 0.05) is 0 Å². The number of aromatic hydroxyl groups is 1. The number of rotatable bonds is 2. The van der Waals surface area contributed by atoms with Crippen molar-refractivity contribution in [3.63, 3.8) is 0 Å². The maximum atomic E-state index is 10.2. The minimum atomic E-state index is 0.0588. The van der Waals surface area contributed by atoms with Crippen LogP contribution in [0, 0.1) is 0 Å². The number of anilines is 1. The van der Waals surface area contributed by atoms with Crippen LogP contribution in [0.1, 0.15) is 25.2 Å². The van der Waals surface area contributed by atoms with Crippen LogP contribution in [-0.2, 0) is 10.2 Å². The van der Waals surface area contributed by atoms with Crippen LogP contribution in [0.5, 0.6) is 5.75 Å². The van der Waals surface area contributed by atoms with Crippen LogP contribution in [-0.4, -0.2) is 26.0 Å². The first-order chi connectivity index (χ1) is 5.95. The summed E-state index contributed by atoms with van der Waals surface area (Å²) in [4.78, 5) is 10.2. The first kappa shape index (κ1) is 10.4. The zero-order chi connectivity index (χ0) is 10.1. The molecule has 1 aromatic rings. The van der Waals surface area contributed by atoms with Gasteiger partial charge in [0.2, 0.25) is 0 Å². The van der Waals surface area contributed by atoms with Gasteiger partial charge in [-0.2, -0.15) is 0 Å². The summed E-state index contributed by atoms with van der Waals surface area (Å²) in [6, 6.07) is 1.76. The molecule has 0 radical (unpaired) electrons. The fraction of sp³-hybridized carbons (Fsp3) is 0.444. The number of carbonyl (C=O) groups excluding carboxylic acids is 1. The standard InChI is InChI=1S/C9H13NO2Se/c1-9(2,3)7-4-6(12)8(13-7)10-5-11/h4-5,12H,1-3H3,(H,10,11). The fourth-order valence-corrected chi connectivity index (χ4v) is 2.94. The monoisotopic (exact) mass is 247 g/mol. The molecule has 0 bridgehead atoms. The number of amides is 1. The topological polar surface area (TPSA) is 49.3 Å². The van der Waals surface area contributed by atoms with Crippen molar-refractivity contribution in [3.8, 4) is 5.75 Å². The Morgan fingerprint density at radius 2 is 2.15 bits per heavy atom. The molecule has 0 aliphatic heterocycles. The van der Waals surface area contributed by atoms with Crippen LogP contribution < -0.4 is 5.32 Å². The summed E-state index contributed by atoms with van der Waals surface area (Å²) < 4.78 is 1.86. The van der Waals surface area contributed by atoms with Crippen molar-refractivity contribution >= 4 is 25.5 Å². The molecule has 0 saturated carbocycles. The van der Waals surface area contributed by atoms with Crippen molar-refractivity contribution < 1.29 is 9.90 Å². The normalized spacial score (nSPS) is 11.3. The third kappa shape index (κ3) is 2.36. The Kier molecular flexibility index (Phi) is 2.84. The van der Waals surface area contributed by atoms with Crippen LogP contribution in [0.25, 0.3) is 0 Å². The van der Waals surface area contributed by atoms with Gasteiger partial charge in [0.1, 0.15) is 0 Å². The number of nitrogens with one attached hydrogen (secondary N) is 1. The summed E-state index contributed by atoms with van der Waals surface area (Å²) in [5.74, 6) is 0.206. The van der Waals surface area contributed by atoms with E-state index in [1.807, 2.05) is 0 Å². The SMILES string of the molecule is CC(C)(C)c1cc(O)c(NC=O)[se]1. The van der Waals surface area contributed by atoms with Gasteiger partial charge in [0.05, 0.1) is 0 Å². The van der Waals surface area contributed by atoms with Crippen molar-refractivity contribution in [1.29, 1.82) is 0 Å². The summed E-state index contributed by atoms with van der Waals surface area (Å²) >= 11 is 0.0588. The van der Waals surface area contributed by atoms with Crippen LogP contribution >= 0.6 is 0 Å². The van der Waals surface area contributed by atoms with Crippen molar-refractivity contribution in [1.82, 2.24) is 0 Å². The molecular formula is C9H13NO2Se. The summed E-state index contributed by atoms with van der Waals surface area (Å²) in [7, 11) is 0. The molecule has 0 aliphatic rings. The number of carbonyl (C=O) groups is 1. The first-order valence-corrected chi connectivity index (χ1v) is 5.70. The van der Waals surface area contributed by atoms with Gasteiger partial charge in [-0.25, -0.2) is 0 Å².